The van der Waals surface area contributed by atoms with E-state index in [0.29, 0.717) is 34.3 Å². The highest BCUT2D eigenvalue weighted by Gasteiger charge is 2.24. The van der Waals surface area contributed by atoms with Crippen LogP contribution in [0.15, 0.2) is 205 Å². The van der Waals surface area contributed by atoms with Crippen molar-refractivity contribution in [3.63, 3.8) is 0 Å². The van der Waals surface area contributed by atoms with Crippen LogP contribution in [0, 0.1) is 22.7 Å². The van der Waals surface area contributed by atoms with Crippen molar-refractivity contribution in [2.45, 2.75) is 0 Å². The fourth-order valence-corrected chi connectivity index (χ4v) is 9.84. The highest BCUT2D eigenvalue weighted by Crippen LogP contribution is 2.45. The molecule has 8 heteroatoms. The van der Waals surface area contributed by atoms with E-state index >= 15 is 0 Å². The van der Waals surface area contributed by atoms with E-state index in [1.807, 2.05) is 115 Å². The minimum atomic E-state index is 0.468. The predicted octanol–water partition coefficient (Wildman–Crippen LogP) is 14.4. The average Bonchev–Trinajstić information content (AvgIpc) is 4.07. The topological polar surface area (TPSA) is 109 Å². The lowest BCUT2D eigenvalue weighted by Gasteiger charge is -2.13. The molecule has 310 valence electrons. The maximum atomic E-state index is 10.6. The summed E-state index contributed by atoms with van der Waals surface area (Å²) in [7, 11) is 0. The van der Waals surface area contributed by atoms with E-state index in [0.717, 1.165) is 99.1 Å². The molecule has 4 aromatic heterocycles. The third-order valence-electron chi connectivity index (χ3n) is 12.9. The van der Waals surface area contributed by atoms with Crippen LogP contribution < -0.4 is 0 Å². The lowest BCUT2D eigenvalue weighted by Crippen LogP contribution is -2.00. The number of nitriles is 2. The Bertz CT molecular complexity index is 4150. The van der Waals surface area contributed by atoms with Crippen LogP contribution in [0.2, 0.25) is 0 Å². The second-order valence-corrected chi connectivity index (χ2v) is 16.6. The molecule has 0 spiro atoms. The van der Waals surface area contributed by atoms with Gasteiger partial charge >= 0.3 is 0 Å². The fraction of sp³-hybridized carbons (Fsp3) is 0. The molecule has 0 bridgehead atoms. The summed E-state index contributed by atoms with van der Waals surface area (Å²) in [4.78, 5) is 14.8. The first-order valence-corrected chi connectivity index (χ1v) is 22.0. The minimum Gasteiger partial charge on any atom is -0.455 e. The third-order valence-corrected chi connectivity index (χ3v) is 12.9. The van der Waals surface area contributed by atoms with Gasteiger partial charge in [0, 0.05) is 49.5 Å². The zero-order chi connectivity index (χ0) is 44.6. The molecular weight excluding hydrogens is 823 g/mol. The molecule has 0 saturated heterocycles. The van der Waals surface area contributed by atoms with Crippen molar-refractivity contribution in [2.24, 2.45) is 0 Å². The van der Waals surface area contributed by atoms with E-state index in [1.54, 1.807) is 0 Å². The molecule has 9 aromatic carbocycles. The number of furan rings is 1. The van der Waals surface area contributed by atoms with Crippen LogP contribution in [0.1, 0.15) is 11.1 Å². The number of benzene rings is 9. The van der Waals surface area contributed by atoms with Crippen molar-refractivity contribution in [1.82, 2.24) is 24.1 Å². The molecule has 8 nitrogen and oxygen atoms in total. The lowest BCUT2D eigenvalue weighted by molar-refractivity contribution is 0.677. The van der Waals surface area contributed by atoms with Crippen molar-refractivity contribution in [3.05, 3.63) is 211 Å². The average molecular weight is 856 g/mol. The second-order valence-electron chi connectivity index (χ2n) is 16.6. The zero-order valence-electron chi connectivity index (χ0n) is 35.6. The van der Waals surface area contributed by atoms with Crippen molar-refractivity contribution < 1.29 is 4.42 Å². The smallest absolute Gasteiger partial charge is 0.164 e. The zero-order valence-corrected chi connectivity index (χ0v) is 35.6. The highest BCUT2D eigenvalue weighted by molar-refractivity contribution is 6.29. The quantitative estimate of drug-likeness (QED) is 0.165. The van der Waals surface area contributed by atoms with Gasteiger partial charge in [-0.2, -0.15) is 10.5 Å². The number of fused-ring (bicyclic) bond motifs is 11. The molecule has 0 radical (unpaired) electrons. The second kappa shape index (κ2) is 15.0. The summed E-state index contributed by atoms with van der Waals surface area (Å²) in [6, 6.07) is 71.9. The summed E-state index contributed by atoms with van der Waals surface area (Å²) in [6.07, 6.45) is 0. The summed E-state index contributed by atoms with van der Waals surface area (Å²) in [5.41, 5.74) is 12.3. The number of rotatable bonds is 6. The van der Waals surface area contributed by atoms with E-state index in [4.69, 9.17) is 19.4 Å². The van der Waals surface area contributed by atoms with E-state index in [9.17, 15) is 10.5 Å². The van der Waals surface area contributed by atoms with Crippen LogP contribution in [0.4, 0.5) is 0 Å². The first kappa shape index (κ1) is 37.9. The minimum absolute atomic E-state index is 0.468. The Morgan fingerprint density at radius 1 is 0.373 bits per heavy atom. The van der Waals surface area contributed by atoms with E-state index in [-0.39, 0.29) is 0 Å². The van der Waals surface area contributed by atoms with Crippen LogP contribution in [-0.4, -0.2) is 24.1 Å². The van der Waals surface area contributed by atoms with E-state index < -0.39 is 0 Å². The summed E-state index contributed by atoms with van der Waals surface area (Å²) < 4.78 is 11.6. The number of para-hydroxylation sites is 2. The Hall–Kier alpha value is -9.63. The number of aromatic nitrogens is 5. The van der Waals surface area contributed by atoms with Crippen LogP contribution in [0.25, 0.3) is 122 Å². The van der Waals surface area contributed by atoms with Crippen molar-refractivity contribution in [3.8, 4) is 68.8 Å². The van der Waals surface area contributed by atoms with Gasteiger partial charge in [0.2, 0.25) is 0 Å². The van der Waals surface area contributed by atoms with Crippen LogP contribution in [0.3, 0.4) is 0 Å². The molecule has 0 unspecified atom stereocenters. The molecule has 0 atom stereocenters. The molecule has 0 N–H and O–H groups in total. The van der Waals surface area contributed by atoms with Crippen LogP contribution in [0.5, 0.6) is 0 Å². The van der Waals surface area contributed by atoms with Gasteiger partial charge in [-0.05, 0) is 78.4 Å². The first-order valence-electron chi connectivity index (χ1n) is 22.0. The largest absolute Gasteiger partial charge is 0.455 e. The van der Waals surface area contributed by atoms with Gasteiger partial charge in [0.25, 0.3) is 0 Å². The molecule has 13 rings (SSSR count). The maximum Gasteiger partial charge on any atom is 0.164 e. The van der Waals surface area contributed by atoms with Crippen molar-refractivity contribution in [2.75, 3.05) is 0 Å². The number of nitrogens with zero attached hydrogens (tertiary/aromatic N) is 7. The van der Waals surface area contributed by atoms with Crippen LogP contribution in [-0.2, 0) is 0 Å². The Balaban J connectivity index is 0.983. The predicted molar refractivity (Wildman–Crippen MR) is 267 cm³/mol. The molecule has 67 heavy (non-hydrogen) atoms. The normalized spacial score (nSPS) is 11.6. The van der Waals surface area contributed by atoms with Gasteiger partial charge in [-0.25, -0.2) is 15.0 Å². The lowest BCUT2D eigenvalue weighted by atomic mass is 9.96. The Morgan fingerprint density at radius 2 is 0.821 bits per heavy atom. The number of hydrogen-bond acceptors (Lipinski definition) is 6. The molecule has 0 amide bonds. The van der Waals surface area contributed by atoms with Gasteiger partial charge in [-0.3, -0.25) is 0 Å². The Labute approximate surface area is 383 Å². The Morgan fingerprint density at radius 3 is 1.34 bits per heavy atom. The highest BCUT2D eigenvalue weighted by atomic mass is 16.3. The SMILES string of the molecule is N#Cc1cc(-n2c3ccccc3c3c4oc5c(ccc6c5c5ccccc5n6-c5ccc(-c6nc(-c7ccccc7)nc(-c7ccccc7)n6)cc5)c4ccc32)c(C#N)cc1-c1ccccc1. The molecule has 0 aliphatic carbocycles. The van der Waals surface area contributed by atoms with Gasteiger partial charge in [0.1, 0.15) is 17.2 Å². The van der Waals surface area contributed by atoms with Gasteiger partial charge in [-0.15, -0.1) is 0 Å². The number of hydrogen-bond donors (Lipinski definition) is 0. The molecule has 0 saturated carbocycles. The third kappa shape index (κ3) is 5.88. The van der Waals surface area contributed by atoms with Gasteiger partial charge in [0.15, 0.2) is 17.5 Å². The summed E-state index contributed by atoms with van der Waals surface area (Å²) >= 11 is 0. The maximum absolute atomic E-state index is 10.6. The van der Waals surface area contributed by atoms with Gasteiger partial charge in [-0.1, -0.05) is 127 Å². The van der Waals surface area contributed by atoms with Crippen molar-refractivity contribution in [1.29, 1.82) is 10.5 Å². The van der Waals surface area contributed by atoms with E-state index in [2.05, 4.69) is 106 Å². The van der Waals surface area contributed by atoms with Gasteiger partial charge < -0.3 is 13.6 Å². The molecule has 0 aliphatic rings. The fourth-order valence-electron chi connectivity index (χ4n) is 9.84. The molecule has 0 fully saturated rings. The first-order chi connectivity index (χ1) is 33.1. The molecular formula is C59H33N7O. The van der Waals surface area contributed by atoms with Crippen molar-refractivity contribution >= 4 is 65.6 Å². The van der Waals surface area contributed by atoms with Gasteiger partial charge in [0.05, 0.1) is 55.7 Å². The molecule has 13 aromatic rings. The molecule has 0 aliphatic heterocycles. The summed E-state index contributed by atoms with van der Waals surface area (Å²) in [5, 5.41) is 27.1. The monoisotopic (exact) mass is 855 g/mol. The van der Waals surface area contributed by atoms with Crippen LogP contribution >= 0.6 is 0 Å². The summed E-state index contributed by atoms with van der Waals surface area (Å²) in [6.45, 7) is 0. The molecule has 4 heterocycles. The Kier molecular flexibility index (Phi) is 8.48. The standard InChI is InChI=1S/C59H33N7O/c60-34-40-33-52(41(35-61)32-47(40)36-14-4-1-5-15-36)66-49-23-13-11-21-46(49)54-51(66)31-29-44-43-28-30-50-53(55(43)67-56(44)54)45-20-10-12-22-48(45)65(50)42-26-24-39(25-27-42)59-63-57(37-16-6-2-7-17-37)62-58(64-59)38-18-8-3-9-19-38/h1-33H. The summed E-state index contributed by atoms with van der Waals surface area (Å²) in [5.74, 6) is 1.83. The van der Waals surface area contributed by atoms with E-state index in [1.165, 1.54) is 0 Å².